The Labute approximate surface area is 84.9 Å². The summed E-state index contributed by atoms with van der Waals surface area (Å²) in [5, 5.41) is 0.657. The lowest BCUT2D eigenvalue weighted by Gasteiger charge is -2.03. The SMILES string of the molecule is Cn1c(Cl)nc2ccc(N)cc2c1=O. The molecule has 0 saturated heterocycles. The number of nitrogens with two attached hydrogens (primary N) is 1. The van der Waals surface area contributed by atoms with Gasteiger partial charge in [-0.15, -0.1) is 0 Å². The summed E-state index contributed by atoms with van der Waals surface area (Å²) < 4.78 is 1.28. The van der Waals surface area contributed by atoms with Crippen LogP contribution in [-0.2, 0) is 7.05 Å². The van der Waals surface area contributed by atoms with Crippen LogP contribution in [-0.4, -0.2) is 9.55 Å². The summed E-state index contributed by atoms with van der Waals surface area (Å²) >= 11 is 5.75. The largest absolute Gasteiger partial charge is 0.399 e. The first-order chi connectivity index (χ1) is 6.59. The first kappa shape index (κ1) is 9.02. The molecule has 2 aromatic rings. The van der Waals surface area contributed by atoms with Crippen molar-refractivity contribution in [2.24, 2.45) is 7.05 Å². The maximum absolute atomic E-state index is 11.7. The number of benzene rings is 1. The number of nitrogens with zero attached hydrogens (tertiary/aromatic N) is 2. The molecule has 0 radical (unpaired) electrons. The summed E-state index contributed by atoms with van der Waals surface area (Å²) in [6.07, 6.45) is 0. The minimum atomic E-state index is -0.188. The van der Waals surface area contributed by atoms with Gasteiger partial charge in [0.25, 0.3) is 5.56 Å². The normalized spacial score (nSPS) is 10.7. The molecule has 1 aromatic heterocycles. The Hall–Kier alpha value is -1.55. The highest BCUT2D eigenvalue weighted by molar-refractivity contribution is 6.28. The second-order valence-corrected chi connectivity index (χ2v) is 3.36. The third-order valence-corrected chi connectivity index (χ3v) is 2.38. The first-order valence-corrected chi connectivity index (χ1v) is 4.39. The monoisotopic (exact) mass is 209 g/mol. The molecular weight excluding hydrogens is 202 g/mol. The number of hydrogen-bond acceptors (Lipinski definition) is 3. The third kappa shape index (κ3) is 1.24. The van der Waals surface area contributed by atoms with Crippen molar-refractivity contribution < 1.29 is 0 Å². The molecule has 0 fully saturated rings. The van der Waals surface area contributed by atoms with E-state index in [4.69, 9.17) is 17.3 Å². The standard InChI is InChI=1S/C9H8ClN3O/c1-13-8(14)6-4-5(11)2-3-7(6)12-9(13)10/h2-4H,11H2,1H3. The number of nitrogen functional groups attached to an aromatic ring is 1. The van der Waals surface area contributed by atoms with E-state index in [9.17, 15) is 4.79 Å². The van der Waals surface area contributed by atoms with Crippen LogP contribution in [0, 0.1) is 0 Å². The minimum Gasteiger partial charge on any atom is -0.399 e. The molecule has 4 nitrogen and oxygen atoms in total. The number of halogens is 1. The van der Waals surface area contributed by atoms with E-state index >= 15 is 0 Å². The van der Waals surface area contributed by atoms with E-state index in [1.807, 2.05) is 0 Å². The lowest BCUT2D eigenvalue weighted by molar-refractivity contribution is 0.844. The summed E-state index contributed by atoms with van der Waals surface area (Å²) in [7, 11) is 1.57. The maximum atomic E-state index is 11.7. The van der Waals surface area contributed by atoms with Gasteiger partial charge in [-0.3, -0.25) is 9.36 Å². The highest BCUT2D eigenvalue weighted by Crippen LogP contribution is 2.13. The zero-order valence-corrected chi connectivity index (χ0v) is 8.25. The smallest absolute Gasteiger partial charge is 0.262 e. The van der Waals surface area contributed by atoms with Gasteiger partial charge in [-0.1, -0.05) is 0 Å². The van der Waals surface area contributed by atoms with Crippen LogP contribution in [0.2, 0.25) is 5.28 Å². The van der Waals surface area contributed by atoms with Crippen LogP contribution in [0.1, 0.15) is 0 Å². The molecule has 14 heavy (non-hydrogen) atoms. The second-order valence-electron chi connectivity index (χ2n) is 3.02. The van der Waals surface area contributed by atoms with Gasteiger partial charge in [-0.25, -0.2) is 4.98 Å². The quantitative estimate of drug-likeness (QED) is 0.523. The van der Waals surface area contributed by atoms with Crippen molar-refractivity contribution in [2.75, 3.05) is 5.73 Å². The van der Waals surface area contributed by atoms with E-state index in [0.29, 0.717) is 16.6 Å². The van der Waals surface area contributed by atoms with E-state index < -0.39 is 0 Å². The molecular formula is C9H8ClN3O. The Morgan fingerprint density at radius 1 is 1.50 bits per heavy atom. The van der Waals surface area contributed by atoms with Gasteiger partial charge in [0, 0.05) is 12.7 Å². The van der Waals surface area contributed by atoms with Crippen LogP contribution in [0.5, 0.6) is 0 Å². The maximum Gasteiger partial charge on any atom is 0.262 e. The average molecular weight is 210 g/mol. The fraction of sp³-hybridized carbons (Fsp3) is 0.111. The van der Waals surface area contributed by atoms with Gasteiger partial charge in [0.1, 0.15) is 0 Å². The molecule has 5 heteroatoms. The predicted molar refractivity (Wildman–Crippen MR) is 56.4 cm³/mol. The Balaban J connectivity index is 2.99. The summed E-state index contributed by atoms with van der Waals surface area (Å²) in [6, 6.07) is 4.96. The number of fused-ring (bicyclic) bond motifs is 1. The summed E-state index contributed by atoms with van der Waals surface area (Å²) in [5.74, 6) is 0. The lowest BCUT2D eigenvalue weighted by Crippen LogP contribution is -2.18. The second kappa shape index (κ2) is 2.99. The minimum absolute atomic E-state index is 0.173. The van der Waals surface area contributed by atoms with Gasteiger partial charge in [-0.2, -0.15) is 0 Å². The topological polar surface area (TPSA) is 60.9 Å². The summed E-state index contributed by atoms with van der Waals surface area (Å²) in [6.45, 7) is 0. The van der Waals surface area contributed by atoms with Crippen molar-refractivity contribution in [1.82, 2.24) is 9.55 Å². The van der Waals surface area contributed by atoms with E-state index in [0.717, 1.165) is 0 Å². The molecule has 0 saturated carbocycles. The van der Waals surface area contributed by atoms with Crippen molar-refractivity contribution in [3.63, 3.8) is 0 Å². The summed E-state index contributed by atoms with van der Waals surface area (Å²) in [4.78, 5) is 15.7. The van der Waals surface area contributed by atoms with Gasteiger partial charge in [0.15, 0.2) is 0 Å². The molecule has 72 valence electrons. The molecule has 1 heterocycles. The third-order valence-electron chi connectivity index (χ3n) is 2.05. The Kier molecular flexibility index (Phi) is 1.93. The number of rotatable bonds is 0. The van der Waals surface area contributed by atoms with E-state index in [-0.39, 0.29) is 10.8 Å². The van der Waals surface area contributed by atoms with Crippen LogP contribution < -0.4 is 11.3 Å². The predicted octanol–water partition coefficient (Wildman–Crippen LogP) is 1.17. The fourth-order valence-corrected chi connectivity index (χ4v) is 1.43. The van der Waals surface area contributed by atoms with E-state index in [1.165, 1.54) is 4.57 Å². The Morgan fingerprint density at radius 2 is 2.21 bits per heavy atom. The van der Waals surface area contributed by atoms with Gasteiger partial charge in [-0.05, 0) is 29.8 Å². The molecule has 2 N–H and O–H groups in total. The van der Waals surface area contributed by atoms with Crippen molar-refractivity contribution in [3.8, 4) is 0 Å². The zero-order chi connectivity index (χ0) is 10.3. The average Bonchev–Trinajstić information content (AvgIpc) is 2.16. The van der Waals surface area contributed by atoms with Crippen molar-refractivity contribution in [1.29, 1.82) is 0 Å². The Morgan fingerprint density at radius 3 is 2.93 bits per heavy atom. The molecule has 0 atom stereocenters. The van der Waals surface area contributed by atoms with E-state index in [2.05, 4.69) is 4.98 Å². The molecule has 0 amide bonds. The Bertz CT molecular complexity index is 562. The molecule has 0 spiro atoms. The van der Waals surface area contributed by atoms with Gasteiger partial charge in [0.05, 0.1) is 10.9 Å². The van der Waals surface area contributed by atoms with Crippen LogP contribution in [0.4, 0.5) is 5.69 Å². The molecule has 0 aliphatic rings. The van der Waals surface area contributed by atoms with Crippen LogP contribution in [0.3, 0.4) is 0 Å². The van der Waals surface area contributed by atoms with Crippen LogP contribution in [0.15, 0.2) is 23.0 Å². The van der Waals surface area contributed by atoms with E-state index in [1.54, 1.807) is 25.2 Å². The van der Waals surface area contributed by atoms with Crippen molar-refractivity contribution >= 4 is 28.2 Å². The van der Waals surface area contributed by atoms with Gasteiger partial charge >= 0.3 is 0 Å². The fourth-order valence-electron chi connectivity index (χ4n) is 1.26. The zero-order valence-electron chi connectivity index (χ0n) is 7.49. The molecule has 0 aliphatic carbocycles. The summed E-state index contributed by atoms with van der Waals surface area (Å²) in [5.41, 5.74) is 6.49. The number of aromatic nitrogens is 2. The molecule has 0 aliphatic heterocycles. The van der Waals surface area contributed by atoms with Crippen molar-refractivity contribution in [2.45, 2.75) is 0 Å². The highest BCUT2D eigenvalue weighted by Gasteiger charge is 2.05. The molecule has 1 aromatic carbocycles. The molecule has 0 unspecified atom stereocenters. The van der Waals surface area contributed by atoms with Crippen LogP contribution >= 0.6 is 11.6 Å². The molecule has 2 rings (SSSR count). The number of hydrogen-bond donors (Lipinski definition) is 1. The molecule has 0 bridgehead atoms. The van der Waals surface area contributed by atoms with Crippen molar-refractivity contribution in [3.05, 3.63) is 33.8 Å². The van der Waals surface area contributed by atoms with Gasteiger partial charge in [0.2, 0.25) is 5.28 Å². The first-order valence-electron chi connectivity index (χ1n) is 4.01. The van der Waals surface area contributed by atoms with Crippen LogP contribution in [0.25, 0.3) is 10.9 Å². The number of anilines is 1. The highest BCUT2D eigenvalue weighted by atomic mass is 35.5. The van der Waals surface area contributed by atoms with Gasteiger partial charge < -0.3 is 5.73 Å². The lowest BCUT2D eigenvalue weighted by atomic mass is 10.2.